The molecule has 0 radical (unpaired) electrons. The molecule has 0 N–H and O–H groups in total. The fourth-order valence-electron chi connectivity index (χ4n) is 7.78. The Morgan fingerprint density at radius 2 is 1.11 bits per heavy atom. The van der Waals surface area contributed by atoms with E-state index in [1.54, 1.807) is 0 Å². The molecule has 2 fully saturated rings. The first-order chi connectivity index (χ1) is 21.6. The Labute approximate surface area is 268 Å². The third-order valence-electron chi connectivity index (χ3n) is 10.8. The number of carbonyl (C=O) groups excluding carboxylic acids is 1. The van der Waals surface area contributed by atoms with E-state index in [4.69, 9.17) is 4.74 Å². The Kier molecular flexibility index (Phi) is 12.6. The van der Waals surface area contributed by atoms with Crippen molar-refractivity contribution in [2.75, 3.05) is 0 Å². The smallest absolute Gasteiger partial charge is 0.343 e. The van der Waals surface area contributed by atoms with Gasteiger partial charge in [0.2, 0.25) is 0 Å². The fraction of sp³-hybridized carbons (Fsp3) is 0.548. The molecule has 236 valence electrons. The van der Waals surface area contributed by atoms with Crippen LogP contribution in [0.5, 0.6) is 5.75 Å². The lowest BCUT2D eigenvalue weighted by molar-refractivity contribution is 0.0734. The number of hydrogen-bond donors (Lipinski definition) is 0. The Morgan fingerprint density at radius 3 is 1.70 bits per heavy atom. The van der Waals surface area contributed by atoms with E-state index < -0.39 is 0 Å². The normalized spacial score (nSPS) is 22.0. The summed E-state index contributed by atoms with van der Waals surface area (Å²) in [5, 5.41) is 0. The van der Waals surface area contributed by atoms with Gasteiger partial charge in [0.05, 0.1) is 5.56 Å². The van der Waals surface area contributed by atoms with Gasteiger partial charge in [-0.05, 0) is 109 Å². The van der Waals surface area contributed by atoms with Gasteiger partial charge < -0.3 is 4.74 Å². The van der Waals surface area contributed by atoms with Gasteiger partial charge in [0.25, 0.3) is 0 Å². The summed E-state index contributed by atoms with van der Waals surface area (Å²) < 4.78 is 5.72. The van der Waals surface area contributed by atoms with Crippen LogP contribution in [0, 0.1) is 17.8 Å². The summed E-state index contributed by atoms with van der Waals surface area (Å²) in [6, 6.07) is 25.1. The topological polar surface area (TPSA) is 26.3 Å². The SMILES string of the molecule is CCCCCC1CCC(c2ccc(-c3ccc(C(=O)Oc4ccc(CCC5CCC(CCCC)CC5)cc4)cc3)cc2)CC1. The van der Waals surface area contributed by atoms with Crippen molar-refractivity contribution in [3.8, 4) is 16.9 Å². The molecule has 2 saturated carbocycles. The monoisotopic (exact) mass is 592 g/mol. The van der Waals surface area contributed by atoms with E-state index in [9.17, 15) is 4.79 Å². The molecule has 2 aliphatic rings. The van der Waals surface area contributed by atoms with Crippen molar-refractivity contribution in [3.63, 3.8) is 0 Å². The lowest BCUT2D eigenvalue weighted by Crippen LogP contribution is -2.15. The number of aryl methyl sites for hydroxylation is 1. The van der Waals surface area contributed by atoms with Gasteiger partial charge in [-0.1, -0.05) is 133 Å². The van der Waals surface area contributed by atoms with Crippen LogP contribution in [0.1, 0.15) is 144 Å². The summed E-state index contributed by atoms with van der Waals surface area (Å²) >= 11 is 0. The molecule has 3 aromatic rings. The first-order valence-electron chi connectivity index (χ1n) is 18.1. The molecule has 0 aliphatic heterocycles. The van der Waals surface area contributed by atoms with Gasteiger partial charge in [-0.15, -0.1) is 0 Å². The highest BCUT2D eigenvalue weighted by molar-refractivity contribution is 5.91. The van der Waals surface area contributed by atoms with Crippen molar-refractivity contribution in [1.29, 1.82) is 0 Å². The summed E-state index contributed by atoms with van der Waals surface area (Å²) in [4.78, 5) is 12.9. The molecule has 0 amide bonds. The molecule has 0 spiro atoms. The van der Waals surface area contributed by atoms with E-state index in [1.165, 1.54) is 119 Å². The lowest BCUT2D eigenvalue weighted by Gasteiger charge is -2.29. The largest absolute Gasteiger partial charge is 0.423 e. The third kappa shape index (κ3) is 9.56. The molecular weight excluding hydrogens is 536 g/mol. The second kappa shape index (κ2) is 17.0. The standard InChI is InChI=1S/C42H56O2/c1-3-5-7-9-33-16-20-36(21-17-33)37-22-24-38(25-23-37)39-26-28-40(29-27-39)42(43)44-41-30-18-35(19-31-41)15-14-34-12-10-32(11-13-34)8-6-4-2/h18-19,22-34,36H,3-17,20-21H2,1-2H3. The zero-order valence-corrected chi connectivity index (χ0v) is 27.6. The van der Waals surface area contributed by atoms with Crippen LogP contribution in [-0.2, 0) is 6.42 Å². The minimum Gasteiger partial charge on any atom is -0.423 e. The van der Waals surface area contributed by atoms with Crippen LogP contribution in [0.2, 0.25) is 0 Å². The number of ether oxygens (including phenoxy) is 1. The molecule has 0 unspecified atom stereocenters. The molecule has 0 atom stereocenters. The van der Waals surface area contributed by atoms with Crippen LogP contribution in [0.3, 0.4) is 0 Å². The summed E-state index contributed by atoms with van der Waals surface area (Å²) in [6.45, 7) is 4.60. The number of benzene rings is 3. The van der Waals surface area contributed by atoms with E-state index in [0.717, 1.165) is 29.7 Å². The van der Waals surface area contributed by atoms with Crippen molar-refractivity contribution >= 4 is 5.97 Å². The Morgan fingerprint density at radius 1 is 0.591 bits per heavy atom. The van der Waals surface area contributed by atoms with Crippen LogP contribution >= 0.6 is 0 Å². The maximum absolute atomic E-state index is 12.9. The highest BCUT2D eigenvalue weighted by Crippen LogP contribution is 2.38. The minimum atomic E-state index is -0.301. The van der Waals surface area contributed by atoms with Gasteiger partial charge in [-0.3, -0.25) is 0 Å². The summed E-state index contributed by atoms with van der Waals surface area (Å²) in [5.74, 6) is 3.81. The van der Waals surface area contributed by atoms with Gasteiger partial charge in [0.1, 0.15) is 5.75 Å². The molecule has 44 heavy (non-hydrogen) atoms. The first-order valence-corrected chi connectivity index (χ1v) is 18.1. The molecule has 0 saturated heterocycles. The van der Waals surface area contributed by atoms with E-state index in [2.05, 4.69) is 50.2 Å². The average Bonchev–Trinajstić information content (AvgIpc) is 3.08. The lowest BCUT2D eigenvalue weighted by atomic mass is 9.77. The predicted molar refractivity (Wildman–Crippen MR) is 185 cm³/mol. The number of hydrogen-bond acceptors (Lipinski definition) is 2. The maximum Gasteiger partial charge on any atom is 0.343 e. The van der Waals surface area contributed by atoms with Crippen molar-refractivity contribution in [1.82, 2.24) is 0 Å². The molecule has 5 rings (SSSR count). The second-order valence-electron chi connectivity index (χ2n) is 14.0. The predicted octanol–water partition coefficient (Wildman–Crippen LogP) is 12.4. The summed E-state index contributed by atoms with van der Waals surface area (Å²) in [7, 11) is 0. The van der Waals surface area contributed by atoms with Crippen molar-refractivity contribution in [2.24, 2.45) is 17.8 Å². The van der Waals surface area contributed by atoms with Gasteiger partial charge in [0, 0.05) is 0 Å². The molecule has 2 nitrogen and oxygen atoms in total. The van der Waals surface area contributed by atoms with Crippen molar-refractivity contribution in [3.05, 3.63) is 89.5 Å². The first kappa shape index (κ1) is 32.5. The third-order valence-corrected chi connectivity index (χ3v) is 10.8. The Bertz CT molecular complexity index is 1240. The molecule has 0 heterocycles. The van der Waals surface area contributed by atoms with E-state index in [-0.39, 0.29) is 5.97 Å². The van der Waals surface area contributed by atoms with Crippen LogP contribution in [0.15, 0.2) is 72.8 Å². The van der Waals surface area contributed by atoms with Crippen LogP contribution < -0.4 is 4.74 Å². The second-order valence-corrected chi connectivity index (χ2v) is 14.0. The van der Waals surface area contributed by atoms with Crippen molar-refractivity contribution < 1.29 is 9.53 Å². The maximum atomic E-state index is 12.9. The number of unbranched alkanes of at least 4 members (excludes halogenated alkanes) is 3. The van der Waals surface area contributed by atoms with Gasteiger partial charge in [-0.2, -0.15) is 0 Å². The van der Waals surface area contributed by atoms with Gasteiger partial charge in [0.15, 0.2) is 0 Å². The summed E-state index contributed by atoms with van der Waals surface area (Å²) in [5.41, 5.74) is 5.73. The zero-order chi connectivity index (χ0) is 30.6. The molecule has 0 aromatic heterocycles. The van der Waals surface area contributed by atoms with E-state index >= 15 is 0 Å². The number of rotatable bonds is 14. The zero-order valence-electron chi connectivity index (χ0n) is 27.6. The molecule has 0 bridgehead atoms. The van der Waals surface area contributed by atoms with Crippen molar-refractivity contribution in [2.45, 2.75) is 129 Å². The highest BCUT2D eigenvalue weighted by atomic mass is 16.5. The minimum absolute atomic E-state index is 0.301. The van der Waals surface area contributed by atoms with Gasteiger partial charge >= 0.3 is 5.97 Å². The van der Waals surface area contributed by atoms with Crippen LogP contribution in [0.25, 0.3) is 11.1 Å². The van der Waals surface area contributed by atoms with Crippen LogP contribution in [-0.4, -0.2) is 5.97 Å². The quantitative estimate of drug-likeness (QED) is 0.106. The van der Waals surface area contributed by atoms with E-state index in [0.29, 0.717) is 17.2 Å². The molecular formula is C42H56O2. The van der Waals surface area contributed by atoms with Crippen LogP contribution in [0.4, 0.5) is 0 Å². The molecule has 3 aromatic carbocycles. The average molecular weight is 593 g/mol. The fourth-order valence-corrected chi connectivity index (χ4v) is 7.78. The molecule has 2 heteroatoms. The number of esters is 1. The van der Waals surface area contributed by atoms with Gasteiger partial charge in [-0.25, -0.2) is 4.79 Å². The number of carbonyl (C=O) groups is 1. The Hall–Kier alpha value is -2.87. The Balaban J connectivity index is 1.05. The summed E-state index contributed by atoms with van der Waals surface area (Å²) in [6.07, 6.45) is 23.2. The highest BCUT2D eigenvalue weighted by Gasteiger charge is 2.22. The van der Waals surface area contributed by atoms with E-state index in [1.807, 2.05) is 36.4 Å². The molecule has 2 aliphatic carbocycles.